The summed E-state index contributed by atoms with van der Waals surface area (Å²) in [7, 11) is 0. The smallest absolute Gasteiger partial charge is 0.196 e. The van der Waals surface area contributed by atoms with E-state index in [-0.39, 0.29) is 0 Å². The molecular weight excluding hydrogens is 933 g/mol. The second kappa shape index (κ2) is 18.4. The highest BCUT2D eigenvalue weighted by Gasteiger charge is 2.24. The van der Waals surface area contributed by atoms with Gasteiger partial charge in [0.2, 0.25) is 0 Å². The third kappa shape index (κ3) is 7.47. The molecule has 9 aromatic carbocycles. The Morgan fingerprint density at radius 1 is 0.395 bits per heavy atom. The number of para-hydroxylation sites is 2. The maximum Gasteiger partial charge on any atom is 0.196 e. The van der Waals surface area contributed by atoms with Crippen LogP contribution in [-0.2, 0) is 0 Å². The predicted molar refractivity (Wildman–Crippen MR) is 301 cm³/mol. The molecule has 0 N–H and O–H groups in total. The van der Waals surface area contributed by atoms with E-state index in [0.29, 0.717) is 40.0 Å². The molecule has 0 radical (unpaired) electrons. The first-order chi connectivity index (χ1) is 37.5. The zero-order valence-corrected chi connectivity index (χ0v) is 40.3. The molecule has 4 aromatic heterocycles. The average molecular weight is 969 g/mol. The highest BCUT2D eigenvalue weighted by atomic mass is 15.0. The van der Waals surface area contributed by atoms with Crippen LogP contribution < -0.4 is 0 Å². The first kappa shape index (κ1) is 44.6. The van der Waals surface area contributed by atoms with Gasteiger partial charge in [0.25, 0.3) is 0 Å². The number of rotatable bonds is 8. The molecule has 4 heterocycles. The Hall–Kier alpha value is -11.3. The lowest BCUT2D eigenvalue weighted by molar-refractivity contribution is 1.07. The van der Waals surface area contributed by atoms with E-state index in [2.05, 4.69) is 104 Å². The van der Waals surface area contributed by atoms with Gasteiger partial charge in [-0.05, 0) is 101 Å². The van der Waals surface area contributed by atoms with Crippen molar-refractivity contribution in [3.05, 3.63) is 253 Å². The van der Waals surface area contributed by atoms with E-state index >= 15 is 0 Å². The fourth-order valence-corrected chi connectivity index (χ4v) is 10.5. The fourth-order valence-electron chi connectivity index (χ4n) is 10.5. The van der Waals surface area contributed by atoms with E-state index < -0.39 is 0 Å². The van der Waals surface area contributed by atoms with Crippen LogP contribution in [0.25, 0.3) is 132 Å². The van der Waals surface area contributed by atoms with Crippen molar-refractivity contribution in [3.63, 3.8) is 0 Å². The molecule has 0 saturated carbocycles. The van der Waals surface area contributed by atoms with Crippen molar-refractivity contribution in [2.45, 2.75) is 0 Å². The van der Waals surface area contributed by atoms with Crippen LogP contribution in [-0.4, -0.2) is 29.1 Å². The van der Waals surface area contributed by atoms with Gasteiger partial charge < -0.3 is 9.13 Å². The first-order valence-corrected chi connectivity index (χ1v) is 24.4. The van der Waals surface area contributed by atoms with Crippen molar-refractivity contribution < 1.29 is 0 Å². The molecule has 0 aliphatic heterocycles. The molecule has 0 fully saturated rings. The van der Waals surface area contributed by atoms with Crippen LogP contribution in [0, 0.1) is 35.8 Å². The van der Waals surface area contributed by atoms with Crippen LogP contribution in [0.4, 0.5) is 11.4 Å². The number of aromatic nitrogens is 6. The second-order valence-corrected chi connectivity index (χ2v) is 18.2. The number of fused-ring (bicyclic) bond motifs is 6. The van der Waals surface area contributed by atoms with Crippen LogP contribution in [0.3, 0.4) is 0 Å². The summed E-state index contributed by atoms with van der Waals surface area (Å²) in [5, 5.41) is 23.9. The van der Waals surface area contributed by atoms with Crippen LogP contribution in [0.1, 0.15) is 11.1 Å². The molecule has 13 rings (SSSR count). The monoisotopic (exact) mass is 968 g/mol. The van der Waals surface area contributed by atoms with Gasteiger partial charge in [0, 0.05) is 66.7 Å². The lowest BCUT2D eigenvalue weighted by Gasteiger charge is -2.19. The molecule has 350 valence electrons. The van der Waals surface area contributed by atoms with Gasteiger partial charge >= 0.3 is 0 Å². The molecule has 10 heteroatoms. The molecule has 0 amide bonds. The van der Waals surface area contributed by atoms with Crippen LogP contribution >= 0.6 is 0 Å². The summed E-state index contributed by atoms with van der Waals surface area (Å²) in [6.45, 7) is 15.6. The minimum atomic E-state index is 0.414. The van der Waals surface area contributed by atoms with Gasteiger partial charge in [-0.3, -0.25) is 4.98 Å². The summed E-state index contributed by atoms with van der Waals surface area (Å²) in [5.41, 5.74) is 14.8. The molecule has 0 bridgehead atoms. The van der Waals surface area contributed by atoms with Crippen LogP contribution in [0.15, 0.2) is 219 Å². The Morgan fingerprint density at radius 3 is 1.55 bits per heavy atom. The van der Waals surface area contributed by atoms with E-state index in [0.717, 1.165) is 105 Å². The maximum atomic E-state index is 10.2. The predicted octanol–water partition coefficient (Wildman–Crippen LogP) is 16.3. The topological polar surface area (TPSA) is 118 Å². The zero-order valence-electron chi connectivity index (χ0n) is 40.3. The van der Waals surface area contributed by atoms with Crippen LogP contribution in [0.5, 0.6) is 0 Å². The summed E-state index contributed by atoms with van der Waals surface area (Å²) in [6.07, 6.45) is 3.74. The Balaban J connectivity index is 1.08. The molecule has 10 nitrogen and oxygen atoms in total. The Morgan fingerprint density at radius 2 is 0.947 bits per heavy atom. The van der Waals surface area contributed by atoms with Crippen LogP contribution in [0.2, 0.25) is 0 Å². The molecule has 0 aliphatic rings. The minimum Gasteiger partial charge on any atom is -0.309 e. The van der Waals surface area contributed by atoms with Gasteiger partial charge in [-0.2, -0.15) is 10.5 Å². The van der Waals surface area contributed by atoms with Gasteiger partial charge in [0.15, 0.2) is 28.8 Å². The Labute approximate surface area is 436 Å². The lowest BCUT2D eigenvalue weighted by Crippen LogP contribution is -2.04. The van der Waals surface area contributed by atoms with Gasteiger partial charge in [-0.15, -0.1) is 0 Å². The summed E-state index contributed by atoms with van der Waals surface area (Å²) in [5.74, 6) is 1.61. The van der Waals surface area contributed by atoms with E-state index in [9.17, 15) is 10.5 Å². The molecule has 76 heavy (non-hydrogen) atoms. The van der Waals surface area contributed by atoms with Crippen molar-refractivity contribution in [2.24, 2.45) is 0 Å². The van der Waals surface area contributed by atoms with Gasteiger partial charge in [-0.25, -0.2) is 24.6 Å². The van der Waals surface area contributed by atoms with Crippen molar-refractivity contribution in [3.8, 4) is 91.1 Å². The Bertz CT molecular complexity index is 4640. The highest BCUT2D eigenvalue weighted by molar-refractivity contribution is 6.13. The van der Waals surface area contributed by atoms with Gasteiger partial charge in [-0.1, -0.05) is 127 Å². The molecule has 13 aromatic rings. The quantitative estimate of drug-likeness (QED) is 0.140. The lowest BCUT2D eigenvalue weighted by atomic mass is 9.97. The minimum absolute atomic E-state index is 0.414. The molecule has 0 unspecified atom stereocenters. The number of pyridine rings is 1. The summed E-state index contributed by atoms with van der Waals surface area (Å²) in [6, 6.07) is 72.6. The largest absolute Gasteiger partial charge is 0.309 e. The van der Waals surface area contributed by atoms with Crippen molar-refractivity contribution >= 4 is 55.0 Å². The maximum absolute atomic E-state index is 10.2. The second-order valence-electron chi connectivity index (χ2n) is 18.2. The van der Waals surface area contributed by atoms with Gasteiger partial charge in [0.1, 0.15) is 0 Å². The van der Waals surface area contributed by atoms with E-state index in [1.807, 2.05) is 122 Å². The molecule has 0 saturated heterocycles. The zero-order chi connectivity index (χ0) is 51.3. The first-order valence-electron chi connectivity index (χ1n) is 24.4. The number of nitrogens with zero attached hydrogens (tertiary/aromatic N) is 10. The van der Waals surface area contributed by atoms with E-state index in [1.54, 1.807) is 24.3 Å². The summed E-state index contributed by atoms with van der Waals surface area (Å²) in [4.78, 5) is 27.6. The fraction of sp³-hybridized carbons (Fsp3) is 0. The number of hydrogen-bond donors (Lipinski definition) is 0. The average Bonchev–Trinajstić information content (AvgIpc) is 4.10. The van der Waals surface area contributed by atoms with Gasteiger partial charge in [0.05, 0.1) is 64.9 Å². The van der Waals surface area contributed by atoms with Crippen molar-refractivity contribution in [1.82, 2.24) is 29.1 Å². The molecule has 0 atom stereocenters. The SMILES string of the molecule is [C-]#[N+]c1ccc(-c2ccc3c(c2)c2ccccc2n3-c2ccc(-c3nc(-c4ccccc4)nc(-c4ccccc4)n3)cc2-c2ccncc2-n2c3ccccc3c3cc(-c4ccc(C#N)cc4[N+]#[C-])ccc32)c(C#N)c1. The summed E-state index contributed by atoms with van der Waals surface area (Å²) >= 11 is 0. The van der Waals surface area contributed by atoms with Crippen molar-refractivity contribution in [1.29, 1.82) is 10.5 Å². The summed E-state index contributed by atoms with van der Waals surface area (Å²) < 4.78 is 4.56. The number of hydrogen-bond acceptors (Lipinski definition) is 6. The normalized spacial score (nSPS) is 11.1. The number of benzene rings is 9. The third-order valence-corrected chi connectivity index (χ3v) is 14.0. The van der Waals surface area contributed by atoms with E-state index in [4.69, 9.17) is 33.1 Å². The van der Waals surface area contributed by atoms with Crippen molar-refractivity contribution in [2.75, 3.05) is 0 Å². The molecular formula is C66H36N10. The Kier molecular flexibility index (Phi) is 10.8. The molecule has 0 spiro atoms. The van der Waals surface area contributed by atoms with E-state index in [1.165, 1.54) is 0 Å². The standard InChI is InChI=1S/C66H36N10/c1-69-48-25-27-49(47(34-48)39-68)44-22-28-60-54(35-44)51-17-9-11-19-58(51)75(60)61-30-24-46(66-73-64(42-13-5-3-6-14-42)72-65(74-66)43-15-7-4-8-16-43)37-56(61)53-31-32-71-40-63(53)76-59-20-12-10-18-52(59)55-36-45(23-29-62(55)76)50-26-21-41(38-67)33-57(50)70-2/h3-37,40H. The highest BCUT2D eigenvalue weighted by Crippen LogP contribution is 2.44. The molecule has 0 aliphatic carbocycles. The third-order valence-electron chi connectivity index (χ3n) is 14.0. The number of nitriles is 2.